The summed E-state index contributed by atoms with van der Waals surface area (Å²) in [7, 11) is 1.89. The molecule has 0 fully saturated rings. The van der Waals surface area contributed by atoms with Crippen LogP contribution in [-0.2, 0) is 24.8 Å². The number of rotatable bonds is 7. The summed E-state index contributed by atoms with van der Waals surface area (Å²) >= 11 is 0. The van der Waals surface area contributed by atoms with Gasteiger partial charge in [0.15, 0.2) is 5.82 Å². The third kappa shape index (κ3) is 4.43. The van der Waals surface area contributed by atoms with E-state index in [0.29, 0.717) is 19.0 Å². The fourth-order valence-corrected chi connectivity index (χ4v) is 3.15. The van der Waals surface area contributed by atoms with Crippen molar-refractivity contribution in [1.82, 2.24) is 24.8 Å². The maximum atomic E-state index is 12.4. The molecular weight excluding hydrogens is 368 g/mol. The molecule has 2 aromatic heterocycles. The molecule has 0 bridgehead atoms. The Hall–Kier alpha value is -3.68. The predicted molar refractivity (Wildman–Crippen MR) is 110 cm³/mol. The fraction of sp³-hybridized carbons (Fsp3) is 0.238. The molecule has 0 aliphatic heterocycles. The van der Waals surface area contributed by atoms with Crippen LogP contribution in [0.3, 0.4) is 0 Å². The molecule has 0 atom stereocenters. The molecule has 0 radical (unpaired) electrons. The monoisotopic (exact) mass is 390 g/mol. The van der Waals surface area contributed by atoms with Gasteiger partial charge in [0.25, 0.3) is 0 Å². The second kappa shape index (κ2) is 8.14. The van der Waals surface area contributed by atoms with Gasteiger partial charge in [-0.2, -0.15) is 15.0 Å². The van der Waals surface area contributed by atoms with E-state index in [2.05, 4.69) is 20.6 Å². The molecule has 0 unspecified atom stereocenters. The number of amides is 1. The lowest BCUT2D eigenvalue weighted by molar-refractivity contribution is -0.115. The summed E-state index contributed by atoms with van der Waals surface area (Å²) in [6.07, 6.45) is 3.61. The third-order valence-electron chi connectivity index (χ3n) is 4.54. The van der Waals surface area contributed by atoms with E-state index in [0.717, 1.165) is 27.8 Å². The molecule has 4 rings (SSSR count). The van der Waals surface area contributed by atoms with E-state index < -0.39 is 0 Å². The molecule has 2 aromatic carbocycles. The summed E-state index contributed by atoms with van der Waals surface area (Å²) in [5.74, 6) is 1.13. The van der Waals surface area contributed by atoms with Gasteiger partial charge in [-0.3, -0.25) is 9.48 Å². The number of nitrogens with zero attached hydrogens (tertiary/aromatic N) is 5. The van der Waals surface area contributed by atoms with Gasteiger partial charge in [-0.25, -0.2) is 0 Å². The van der Waals surface area contributed by atoms with Crippen molar-refractivity contribution in [2.75, 3.05) is 11.9 Å². The number of aryl methyl sites for hydroxylation is 1. The van der Waals surface area contributed by atoms with Crippen LogP contribution in [0.25, 0.3) is 10.9 Å². The van der Waals surface area contributed by atoms with Gasteiger partial charge in [-0.05, 0) is 42.3 Å². The van der Waals surface area contributed by atoms with E-state index in [1.54, 1.807) is 17.2 Å². The first-order chi connectivity index (χ1) is 14.1. The van der Waals surface area contributed by atoms with Crippen molar-refractivity contribution in [3.05, 3.63) is 66.0 Å². The van der Waals surface area contributed by atoms with E-state index in [4.69, 9.17) is 4.74 Å². The van der Waals surface area contributed by atoms with Crippen LogP contribution < -0.4 is 10.1 Å². The van der Waals surface area contributed by atoms with Crippen LogP contribution in [0, 0.1) is 0 Å². The average molecular weight is 390 g/mol. The van der Waals surface area contributed by atoms with E-state index in [1.807, 2.05) is 61.1 Å². The van der Waals surface area contributed by atoms with Gasteiger partial charge in [0, 0.05) is 12.4 Å². The number of anilines is 1. The first kappa shape index (κ1) is 18.7. The second-order valence-corrected chi connectivity index (χ2v) is 6.72. The highest BCUT2D eigenvalue weighted by molar-refractivity contribution is 5.92. The molecule has 0 saturated carbocycles. The number of carbonyl (C=O) groups is 1. The molecule has 0 aliphatic carbocycles. The van der Waals surface area contributed by atoms with E-state index in [-0.39, 0.29) is 12.3 Å². The molecule has 0 saturated heterocycles. The first-order valence-electron chi connectivity index (χ1n) is 9.43. The van der Waals surface area contributed by atoms with Crippen LogP contribution in [-0.4, -0.2) is 37.3 Å². The lowest BCUT2D eigenvalue weighted by Crippen LogP contribution is -2.15. The topological polar surface area (TPSA) is 86.9 Å². The summed E-state index contributed by atoms with van der Waals surface area (Å²) in [5, 5.41) is 16.6. The zero-order chi connectivity index (χ0) is 20.2. The first-order valence-corrected chi connectivity index (χ1v) is 9.43. The molecule has 2 heterocycles. The van der Waals surface area contributed by atoms with Gasteiger partial charge in [-0.15, -0.1) is 5.10 Å². The normalized spacial score (nSPS) is 11.0. The van der Waals surface area contributed by atoms with Crippen LogP contribution in [0.15, 0.2) is 54.9 Å². The Kier molecular flexibility index (Phi) is 5.24. The highest BCUT2D eigenvalue weighted by Crippen LogP contribution is 2.16. The van der Waals surface area contributed by atoms with Crippen molar-refractivity contribution in [1.29, 1.82) is 0 Å². The number of fused-ring (bicyclic) bond motifs is 1. The van der Waals surface area contributed by atoms with Gasteiger partial charge in [-0.1, -0.05) is 18.2 Å². The standard InChI is InChI=1S/C21H22N6O2/c1-3-29-18-7-4-15(5-8-18)14-27-23-13-20(25-27)24-21(28)11-16-6-9-19-17(10-16)12-22-26(19)2/h4-10,12-13H,3,11,14H2,1-2H3,(H,24,25,28). The van der Waals surface area contributed by atoms with Crippen molar-refractivity contribution in [2.24, 2.45) is 7.05 Å². The van der Waals surface area contributed by atoms with Crippen LogP contribution in [0.4, 0.5) is 5.82 Å². The Morgan fingerprint density at radius 1 is 1.07 bits per heavy atom. The summed E-state index contributed by atoms with van der Waals surface area (Å²) in [4.78, 5) is 13.9. The fourth-order valence-electron chi connectivity index (χ4n) is 3.15. The summed E-state index contributed by atoms with van der Waals surface area (Å²) < 4.78 is 7.25. The number of hydrogen-bond donors (Lipinski definition) is 1. The third-order valence-corrected chi connectivity index (χ3v) is 4.54. The predicted octanol–water partition coefficient (Wildman–Crippen LogP) is 2.79. The van der Waals surface area contributed by atoms with Gasteiger partial charge < -0.3 is 10.1 Å². The molecular formula is C21H22N6O2. The van der Waals surface area contributed by atoms with Crippen molar-refractivity contribution in [3.8, 4) is 5.75 Å². The molecule has 0 aliphatic rings. The Morgan fingerprint density at radius 3 is 2.66 bits per heavy atom. The maximum absolute atomic E-state index is 12.4. The Morgan fingerprint density at radius 2 is 1.86 bits per heavy atom. The number of hydrogen-bond acceptors (Lipinski definition) is 5. The molecule has 1 N–H and O–H groups in total. The smallest absolute Gasteiger partial charge is 0.230 e. The number of nitrogens with one attached hydrogen (secondary N) is 1. The molecule has 0 spiro atoms. The minimum absolute atomic E-state index is 0.138. The van der Waals surface area contributed by atoms with Gasteiger partial charge in [0.05, 0.1) is 37.5 Å². The minimum atomic E-state index is -0.138. The van der Waals surface area contributed by atoms with Crippen molar-refractivity contribution in [2.45, 2.75) is 19.9 Å². The minimum Gasteiger partial charge on any atom is -0.494 e. The second-order valence-electron chi connectivity index (χ2n) is 6.72. The number of ether oxygens (including phenoxy) is 1. The Labute approximate surface area is 168 Å². The van der Waals surface area contributed by atoms with Crippen molar-refractivity contribution < 1.29 is 9.53 Å². The highest BCUT2D eigenvalue weighted by atomic mass is 16.5. The number of aromatic nitrogens is 5. The van der Waals surface area contributed by atoms with Crippen LogP contribution in [0.5, 0.6) is 5.75 Å². The highest BCUT2D eigenvalue weighted by Gasteiger charge is 2.09. The van der Waals surface area contributed by atoms with Crippen LogP contribution >= 0.6 is 0 Å². The van der Waals surface area contributed by atoms with Gasteiger partial charge >= 0.3 is 0 Å². The molecule has 8 heteroatoms. The largest absolute Gasteiger partial charge is 0.494 e. The average Bonchev–Trinajstić information content (AvgIpc) is 3.30. The molecule has 8 nitrogen and oxygen atoms in total. The molecule has 29 heavy (non-hydrogen) atoms. The zero-order valence-corrected chi connectivity index (χ0v) is 16.4. The van der Waals surface area contributed by atoms with Crippen molar-refractivity contribution >= 4 is 22.6 Å². The summed E-state index contributed by atoms with van der Waals surface area (Å²) in [5.41, 5.74) is 3.00. The van der Waals surface area contributed by atoms with Crippen LogP contribution in [0.1, 0.15) is 18.1 Å². The Balaban J connectivity index is 1.35. The lowest BCUT2D eigenvalue weighted by Gasteiger charge is -2.05. The van der Waals surface area contributed by atoms with Crippen molar-refractivity contribution in [3.63, 3.8) is 0 Å². The van der Waals surface area contributed by atoms with E-state index >= 15 is 0 Å². The van der Waals surface area contributed by atoms with E-state index in [9.17, 15) is 4.79 Å². The number of benzene rings is 2. The van der Waals surface area contributed by atoms with Crippen LogP contribution in [0.2, 0.25) is 0 Å². The molecule has 1 amide bonds. The molecule has 148 valence electrons. The SMILES string of the molecule is CCOc1ccc(Cn2ncc(NC(=O)Cc3ccc4c(cnn4C)c3)n2)cc1. The quantitative estimate of drug-likeness (QED) is 0.524. The zero-order valence-electron chi connectivity index (χ0n) is 16.4. The van der Waals surface area contributed by atoms with Gasteiger partial charge in [0.1, 0.15) is 5.75 Å². The van der Waals surface area contributed by atoms with Gasteiger partial charge in [0.2, 0.25) is 5.91 Å². The van der Waals surface area contributed by atoms with E-state index in [1.165, 1.54) is 0 Å². The Bertz CT molecular complexity index is 1130. The summed E-state index contributed by atoms with van der Waals surface area (Å²) in [6, 6.07) is 13.7. The number of carbonyl (C=O) groups excluding carboxylic acids is 1. The summed E-state index contributed by atoms with van der Waals surface area (Å²) in [6.45, 7) is 3.10. The lowest BCUT2D eigenvalue weighted by atomic mass is 10.1. The molecule has 4 aromatic rings. The maximum Gasteiger partial charge on any atom is 0.230 e.